The molecule has 0 saturated carbocycles. The first-order valence-electron chi connectivity index (χ1n) is 8.81. The summed E-state index contributed by atoms with van der Waals surface area (Å²) in [4.78, 5) is 37.4. The molecule has 6 N–H and O–H groups in total. The number of allylic oxidation sites excluding steroid dienone is 2. The molecule has 4 rings (SSSR count). The van der Waals surface area contributed by atoms with Gasteiger partial charge in [0.2, 0.25) is 0 Å². The summed E-state index contributed by atoms with van der Waals surface area (Å²) in [6.45, 7) is 0. The zero-order valence-electron chi connectivity index (χ0n) is 15.4. The Balaban J connectivity index is 1.72. The molecule has 0 radical (unpaired) electrons. The van der Waals surface area contributed by atoms with E-state index in [1.54, 1.807) is 60.9 Å². The molecule has 1 amide bonds. The van der Waals surface area contributed by atoms with Gasteiger partial charge < -0.3 is 25.4 Å². The zero-order valence-corrected chi connectivity index (χ0v) is 16.2. The SMILES string of the molecule is Nc1ccc(C(=O)N/C(=C/C=C/c2ccco2)c2nc3[nH]c(=S)[nH]c(=O)c3[nH]2)cc1. The minimum absolute atomic E-state index is 0.153. The average Bonchev–Trinajstić information content (AvgIpc) is 3.37. The van der Waals surface area contributed by atoms with Crippen LogP contribution in [0.5, 0.6) is 0 Å². The van der Waals surface area contributed by atoms with Gasteiger partial charge in [0.25, 0.3) is 11.5 Å². The lowest BCUT2D eigenvalue weighted by Gasteiger charge is -2.07. The Hall–Kier alpha value is -4.18. The summed E-state index contributed by atoms with van der Waals surface area (Å²) >= 11 is 4.98. The van der Waals surface area contributed by atoms with Crippen LogP contribution in [0.15, 0.2) is 64.0 Å². The zero-order chi connectivity index (χ0) is 21.1. The predicted octanol–water partition coefficient (Wildman–Crippen LogP) is 2.97. The molecule has 4 aromatic rings. The van der Waals surface area contributed by atoms with Crippen LogP contribution < -0.4 is 16.6 Å². The van der Waals surface area contributed by atoms with E-state index in [4.69, 9.17) is 22.4 Å². The number of nitrogens with zero attached hydrogens (tertiary/aromatic N) is 1. The first-order chi connectivity index (χ1) is 14.5. The van der Waals surface area contributed by atoms with Gasteiger partial charge in [-0.25, -0.2) is 4.98 Å². The number of nitrogen functional groups attached to an aromatic ring is 1. The number of fused-ring (bicyclic) bond motifs is 1. The van der Waals surface area contributed by atoms with E-state index in [0.717, 1.165) is 0 Å². The molecule has 0 fully saturated rings. The highest BCUT2D eigenvalue weighted by molar-refractivity contribution is 7.71. The third-order valence-electron chi connectivity index (χ3n) is 4.13. The van der Waals surface area contributed by atoms with Crippen LogP contribution in [0.2, 0.25) is 0 Å². The number of aromatic amines is 3. The first-order valence-corrected chi connectivity index (χ1v) is 9.22. The highest BCUT2D eigenvalue weighted by Gasteiger charge is 2.14. The van der Waals surface area contributed by atoms with Gasteiger partial charge in [-0.1, -0.05) is 6.08 Å². The monoisotopic (exact) mass is 420 g/mol. The number of imidazole rings is 1. The molecule has 0 bridgehead atoms. The van der Waals surface area contributed by atoms with E-state index in [9.17, 15) is 9.59 Å². The molecule has 150 valence electrons. The summed E-state index contributed by atoms with van der Waals surface area (Å²) < 4.78 is 5.41. The molecule has 0 aliphatic heterocycles. The number of amides is 1. The highest BCUT2D eigenvalue weighted by Crippen LogP contribution is 2.14. The van der Waals surface area contributed by atoms with Crippen molar-refractivity contribution in [2.24, 2.45) is 0 Å². The van der Waals surface area contributed by atoms with Crippen LogP contribution in [0.25, 0.3) is 22.9 Å². The van der Waals surface area contributed by atoms with E-state index in [1.165, 1.54) is 0 Å². The molecule has 0 saturated heterocycles. The van der Waals surface area contributed by atoms with E-state index in [-0.39, 0.29) is 27.7 Å². The van der Waals surface area contributed by atoms with Crippen molar-refractivity contribution in [3.63, 3.8) is 0 Å². The van der Waals surface area contributed by atoms with Gasteiger partial charge in [-0.2, -0.15) is 0 Å². The van der Waals surface area contributed by atoms with E-state index in [1.807, 2.05) is 0 Å². The maximum absolute atomic E-state index is 12.7. The second kappa shape index (κ2) is 8.05. The van der Waals surface area contributed by atoms with Crippen LogP contribution in [0.1, 0.15) is 21.9 Å². The van der Waals surface area contributed by atoms with Crippen LogP contribution in [0, 0.1) is 4.77 Å². The molecule has 0 spiro atoms. The number of furan rings is 1. The molecular formula is C20H16N6O3S. The second-order valence-corrected chi connectivity index (χ2v) is 6.66. The minimum Gasteiger partial charge on any atom is -0.465 e. The van der Waals surface area contributed by atoms with Crippen molar-refractivity contribution in [1.29, 1.82) is 0 Å². The van der Waals surface area contributed by atoms with Crippen molar-refractivity contribution in [3.8, 4) is 0 Å². The number of H-pyrrole nitrogens is 3. The molecular weight excluding hydrogens is 404 g/mol. The number of hydrogen-bond donors (Lipinski definition) is 5. The van der Waals surface area contributed by atoms with E-state index in [2.05, 4.69) is 25.3 Å². The molecule has 0 unspecified atom stereocenters. The smallest absolute Gasteiger partial charge is 0.277 e. The van der Waals surface area contributed by atoms with Crippen LogP contribution in [-0.4, -0.2) is 25.8 Å². The lowest BCUT2D eigenvalue weighted by molar-refractivity contribution is 0.0973. The van der Waals surface area contributed by atoms with Crippen LogP contribution in [0.3, 0.4) is 0 Å². The Kier molecular flexibility index (Phi) is 5.14. The lowest BCUT2D eigenvalue weighted by atomic mass is 10.2. The Bertz CT molecular complexity index is 1370. The molecule has 3 aromatic heterocycles. The maximum Gasteiger partial charge on any atom is 0.277 e. The molecule has 30 heavy (non-hydrogen) atoms. The number of rotatable bonds is 5. The summed E-state index contributed by atoms with van der Waals surface area (Å²) in [7, 11) is 0. The van der Waals surface area contributed by atoms with Crippen molar-refractivity contribution in [3.05, 3.63) is 87.1 Å². The normalized spacial score (nSPS) is 11.9. The predicted molar refractivity (Wildman–Crippen MR) is 116 cm³/mol. The largest absolute Gasteiger partial charge is 0.465 e. The number of hydrogen-bond acceptors (Lipinski definition) is 6. The van der Waals surface area contributed by atoms with Gasteiger partial charge in [-0.05, 0) is 60.8 Å². The van der Waals surface area contributed by atoms with Crippen LogP contribution >= 0.6 is 12.2 Å². The Labute approximate surface area is 174 Å². The first kappa shape index (κ1) is 19.2. The van der Waals surface area contributed by atoms with Gasteiger partial charge in [0, 0.05) is 11.3 Å². The van der Waals surface area contributed by atoms with Crippen molar-refractivity contribution in [2.45, 2.75) is 0 Å². The summed E-state index contributed by atoms with van der Waals surface area (Å²) in [5.74, 6) is 0.552. The van der Waals surface area contributed by atoms with Gasteiger partial charge >= 0.3 is 0 Å². The lowest BCUT2D eigenvalue weighted by Crippen LogP contribution is -2.22. The fraction of sp³-hybridized carbons (Fsp3) is 0. The topological polar surface area (TPSA) is 146 Å². The summed E-state index contributed by atoms with van der Waals surface area (Å²) in [5.41, 5.74) is 7.06. The average molecular weight is 420 g/mol. The quantitative estimate of drug-likeness (QED) is 0.191. The molecule has 10 heteroatoms. The number of anilines is 1. The summed E-state index contributed by atoms with van der Waals surface area (Å²) in [5, 5.41) is 2.80. The van der Waals surface area contributed by atoms with Crippen LogP contribution in [0.4, 0.5) is 5.69 Å². The fourth-order valence-corrected chi connectivity index (χ4v) is 2.88. The van der Waals surface area contributed by atoms with Gasteiger partial charge in [-0.3, -0.25) is 14.6 Å². The number of carbonyl (C=O) groups excluding carboxylic acids is 1. The molecule has 9 nitrogen and oxygen atoms in total. The van der Waals surface area contributed by atoms with Crippen LogP contribution in [-0.2, 0) is 0 Å². The molecule has 0 aliphatic carbocycles. The van der Waals surface area contributed by atoms with Gasteiger partial charge in [-0.15, -0.1) is 0 Å². The van der Waals surface area contributed by atoms with E-state index < -0.39 is 5.56 Å². The van der Waals surface area contributed by atoms with Crippen molar-refractivity contribution in [2.75, 3.05) is 5.73 Å². The number of nitrogens with one attached hydrogen (secondary N) is 4. The third-order valence-corrected chi connectivity index (χ3v) is 4.34. The standard InChI is InChI=1S/C20H16N6O3S/c21-12-8-6-11(7-9-12)18(27)22-14(5-1-3-13-4-2-10-29-13)16-23-15-17(24-16)25-20(30)26-19(15)28/h1-10H,21H2,(H,22,27)(H3,23,24,25,26,28,30)/b3-1+,14-5+. The Morgan fingerprint density at radius 2 is 1.97 bits per heavy atom. The fourth-order valence-electron chi connectivity index (χ4n) is 2.69. The Morgan fingerprint density at radius 1 is 1.17 bits per heavy atom. The minimum atomic E-state index is -0.414. The number of carbonyl (C=O) groups is 1. The van der Waals surface area contributed by atoms with Crippen molar-refractivity contribution < 1.29 is 9.21 Å². The number of nitrogens with two attached hydrogens (primary N) is 1. The van der Waals surface area contributed by atoms with Crippen molar-refractivity contribution in [1.82, 2.24) is 25.3 Å². The molecule has 3 heterocycles. The maximum atomic E-state index is 12.7. The summed E-state index contributed by atoms with van der Waals surface area (Å²) in [6.07, 6.45) is 6.61. The van der Waals surface area contributed by atoms with Gasteiger partial charge in [0.1, 0.15) is 11.3 Å². The van der Waals surface area contributed by atoms with E-state index >= 15 is 0 Å². The van der Waals surface area contributed by atoms with Gasteiger partial charge in [0.15, 0.2) is 16.2 Å². The number of aromatic nitrogens is 4. The molecule has 1 aromatic carbocycles. The molecule has 0 atom stereocenters. The second-order valence-electron chi connectivity index (χ2n) is 6.25. The Morgan fingerprint density at radius 3 is 2.70 bits per heavy atom. The third kappa shape index (κ3) is 4.13. The molecule has 0 aliphatic rings. The van der Waals surface area contributed by atoms with Gasteiger partial charge in [0.05, 0.1) is 12.0 Å². The highest BCUT2D eigenvalue weighted by atomic mass is 32.1. The summed E-state index contributed by atoms with van der Waals surface area (Å²) in [6, 6.07) is 10.0. The van der Waals surface area contributed by atoms with E-state index in [0.29, 0.717) is 22.7 Å². The number of benzene rings is 1. The van der Waals surface area contributed by atoms with Crippen molar-refractivity contribution >= 4 is 46.7 Å².